The van der Waals surface area contributed by atoms with Crippen LogP contribution >= 0.6 is 23.2 Å². The fourth-order valence-corrected chi connectivity index (χ4v) is 2.32. The van der Waals surface area contributed by atoms with Crippen LogP contribution in [0.4, 0.5) is 0 Å². The number of benzene rings is 1. The average Bonchev–Trinajstić information content (AvgIpc) is 2.92. The number of hydrogen-bond acceptors (Lipinski definition) is 4. The van der Waals surface area contributed by atoms with Crippen LogP contribution in [0, 0.1) is 0 Å². The number of rotatable bonds is 2. The van der Waals surface area contributed by atoms with Gasteiger partial charge in [0.2, 0.25) is 0 Å². The minimum Gasteiger partial charge on any atom is -0.464 e. The third kappa shape index (κ3) is 2.46. The number of fused-ring (bicyclic) bond motifs is 1. The van der Waals surface area contributed by atoms with Crippen LogP contribution in [0.3, 0.4) is 0 Å². The minimum absolute atomic E-state index is 0.284. The van der Waals surface area contributed by atoms with Crippen molar-refractivity contribution >= 4 is 34.8 Å². The quantitative estimate of drug-likeness (QED) is 0.678. The first-order valence-electron chi connectivity index (χ1n) is 5.99. The highest BCUT2D eigenvalue weighted by atomic mass is 35.5. The first-order chi connectivity index (χ1) is 10.1. The molecule has 0 saturated heterocycles. The van der Waals surface area contributed by atoms with Crippen LogP contribution in [0.25, 0.3) is 17.0 Å². The molecular weight excluding hydrogens is 313 g/mol. The van der Waals surface area contributed by atoms with E-state index in [9.17, 15) is 4.79 Å². The predicted octanol–water partition coefficient (Wildman–Crippen LogP) is 3.49. The van der Waals surface area contributed by atoms with E-state index in [-0.39, 0.29) is 5.69 Å². The van der Waals surface area contributed by atoms with Crippen molar-refractivity contribution in [1.82, 2.24) is 14.6 Å². The zero-order valence-corrected chi connectivity index (χ0v) is 12.4. The summed E-state index contributed by atoms with van der Waals surface area (Å²) in [5, 5.41) is 5.33. The highest BCUT2D eigenvalue weighted by molar-refractivity contribution is 6.35. The summed E-state index contributed by atoms with van der Waals surface area (Å²) in [5.74, 6) is -0.104. The van der Waals surface area contributed by atoms with Gasteiger partial charge in [-0.1, -0.05) is 29.3 Å². The van der Waals surface area contributed by atoms with Crippen molar-refractivity contribution < 1.29 is 9.53 Å². The van der Waals surface area contributed by atoms with Gasteiger partial charge in [-0.25, -0.2) is 14.3 Å². The van der Waals surface area contributed by atoms with Crippen molar-refractivity contribution in [3.05, 3.63) is 52.1 Å². The van der Waals surface area contributed by atoms with Gasteiger partial charge in [0.25, 0.3) is 0 Å². The monoisotopic (exact) mass is 321 g/mol. The molecule has 2 heterocycles. The Morgan fingerprint density at radius 1 is 1.24 bits per heavy atom. The molecule has 3 rings (SSSR count). The summed E-state index contributed by atoms with van der Waals surface area (Å²) in [5.41, 5.74) is 1.40. The van der Waals surface area contributed by atoms with Crippen molar-refractivity contribution in [2.75, 3.05) is 7.11 Å². The molecule has 0 aliphatic heterocycles. The Bertz CT molecular complexity index is 845. The zero-order chi connectivity index (χ0) is 15.0. The summed E-state index contributed by atoms with van der Waals surface area (Å²) >= 11 is 12.1. The van der Waals surface area contributed by atoms with Gasteiger partial charge in [-0.2, -0.15) is 0 Å². The molecule has 21 heavy (non-hydrogen) atoms. The van der Waals surface area contributed by atoms with Gasteiger partial charge < -0.3 is 4.74 Å². The summed E-state index contributed by atoms with van der Waals surface area (Å²) in [4.78, 5) is 16.1. The largest absolute Gasteiger partial charge is 0.464 e. The molecule has 3 aromatic rings. The fraction of sp³-hybridized carbons (Fsp3) is 0.0714. The van der Waals surface area contributed by atoms with E-state index in [0.29, 0.717) is 27.1 Å². The molecule has 0 spiro atoms. The van der Waals surface area contributed by atoms with Crippen LogP contribution in [0.1, 0.15) is 10.5 Å². The Morgan fingerprint density at radius 2 is 2.05 bits per heavy atom. The molecule has 0 N–H and O–H groups in total. The molecule has 0 amide bonds. The topological polar surface area (TPSA) is 56.5 Å². The lowest BCUT2D eigenvalue weighted by molar-refractivity contribution is 0.0591. The number of carbonyl (C=O) groups is 1. The molecule has 0 bridgehead atoms. The van der Waals surface area contributed by atoms with Gasteiger partial charge in [-0.05, 0) is 30.3 Å². The van der Waals surface area contributed by atoms with Crippen LogP contribution in [0.15, 0.2) is 36.4 Å². The molecule has 2 aromatic heterocycles. The second-order valence-electron chi connectivity index (χ2n) is 4.23. The number of methoxy groups -OCH3 is 1. The third-order valence-electron chi connectivity index (χ3n) is 2.92. The van der Waals surface area contributed by atoms with Crippen molar-refractivity contribution in [2.24, 2.45) is 0 Å². The SMILES string of the molecule is COC(=O)c1cccc2nc(-c3cc(Cl)ccc3Cl)nn12. The molecular formula is C14H9Cl2N3O2. The number of aromatic nitrogens is 3. The maximum absolute atomic E-state index is 11.7. The number of nitrogens with zero attached hydrogens (tertiary/aromatic N) is 3. The third-order valence-corrected chi connectivity index (χ3v) is 3.49. The summed E-state index contributed by atoms with van der Waals surface area (Å²) in [6, 6.07) is 10.1. The van der Waals surface area contributed by atoms with E-state index in [1.54, 1.807) is 36.4 Å². The number of pyridine rings is 1. The van der Waals surface area contributed by atoms with Gasteiger partial charge in [0.1, 0.15) is 0 Å². The maximum atomic E-state index is 11.7. The van der Waals surface area contributed by atoms with Crippen LogP contribution in [-0.4, -0.2) is 27.7 Å². The van der Waals surface area contributed by atoms with Gasteiger partial charge in [0.05, 0.1) is 12.1 Å². The Kier molecular flexibility index (Phi) is 3.53. The standard InChI is InChI=1S/C14H9Cl2N3O2/c1-21-14(20)11-3-2-4-12-17-13(18-19(11)12)9-7-8(15)5-6-10(9)16/h2-7H,1H3. The van der Waals surface area contributed by atoms with Gasteiger partial charge in [0, 0.05) is 10.6 Å². The van der Waals surface area contributed by atoms with Crippen LogP contribution < -0.4 is 0 Å². The minimum atomic E-state index is -0.491. The first-order valence-corrected chi connectivity index (χ1v) is 6.75. The van der Waals surface area contributed by atoms with E-state index < -0.39 is 5.97 Å². The Labute approximate surface area is 130 Å². The molecule has 0 unspecified atom stereocenters. The van der Waals surface area contributed by atoms with E-state index in [2.05, 4.69) is 10.1 Å². The normalized spacial score (nSPS) is 10.8. The summed E-state index contributed by atoms with van der Waals surface area (Å²) in [6.07, 6.45) is 0. The molecule has 7 heteroatoms. The molecule has 0 atom stereocenters. The maximum Gasteiger partial charge on any atom is 0.356 e. The Hall–Kier alpha value is -2.11. The molecule has 0 aliphatic rings. The summed E-state index contributed by atoms with van der Waals surface area (Å²) < 4.78 is 6.14. The highest BCUT2D eigenvalue weighted by Gasteiger charge is 2.16. The molecule has 1 aromatic carbocycles. The van der Waals surface area contributed by atoms with E-state index in [0.717, 1.165) is 0 Å². The molecule has 0 saturated carbocycles. The average molecular weight is 322 g/mol. The predicted molar refractivity (Wildman–Crippen MR) is 79.8 cm³/mol. The lowest BCUT2D eigenvalue weighted by Crippen LogP contribution is -2.08. The summed E-state index contributed by atoms with van der Waals surface area (Å²) in [7, 11) is 1.31. The molecule has 0 radical (unpaired) electrons. The Balaban J connectivity index is 2.22. The summed E-state index contributed by atoms with van der Waals surface area (Å²) in [6.45, 7) is 0. The Morgan fingerprint density at radius 3 is 2.81 bits per heavy atom. The van der Waals surface area contributed by atoms with Gasteiger partial charge in [0.15, 0.2) is 17.2 Å². The number of ether oxygens (including phenoxy) is 1. The van der Waals surface area contributed by atoms with Crippen LogP contribution in [0.5, 0.6) is 0 Å². The highest BCUT2D eigenvalue weighted by Crippen LogP contribution is 2.28. The number of hydrogen-bond donors (Lipinski definition) is 0. The fourth-order valence-electron chi connectivity index (χ4n) is 1.95. The molecule has 0 aliphatic carbocycles. The smallest absolute Gasteiger partial charge is 0.356 e. The van der Waals surface area contributed by atoms with Crippen molar-refractivity contribution in [1.29, 1.82) is 0 Å². The second kappa shape index (κ2) is 5.35. The van der Waals surface area contributed by atoms with E-state index in [1.165, 1.54) is 11.6 Å². The van der Waals surface area contributed by atoms with Crippen molar-refractivity contribution in [3.8, 4) is 11.4 Å². The van der Waals surface area contributed by atoms with Crippen molar-refractivity contribution in [3.63, 3.8) is 0 Å². The van der Waals surface area contributed by atoms with E-state index in [4.69, 9.17) is 27.9 Å². The van der Waals surface area contributed by atoms with Crippen LogP contribution in [0.2, 0.25) is 10.0 Å². The van der Waals surface area contributed by atoms with E-state index in [1.807, 2.05) is 0 Å². The lowest BCUT2D eigenvalue weighted by Gasteiger charge is -2.01. The van der Waals surface area contributed by atoms with Gasteiger partial charge in [-0.3, -0.25) is 0 Å². The number of carbonyl (C=O) groups excluding carboxylic acids is 1. The molecule has 5 nitrogen and oxygen atoms in total. The zero-order valence-electron chi connectivity index (χ0n) is 10.9. The molecule has 0 fully saturated rings. The van der Waals surface area contributed by atoms with Crippen molar-refractivity contribution in [2.45, 2.75) is 0 Å². The van der Waals surface area contributed by atoms with Gasteiger partial charge in [-0.15, -0.1) is 5.10 Å². The number of esters is 1. The first kappa shape index (κ1) is 13.9. The second-order valence-corrected chi connectivity index (χ2v) is 5.08. The lowest BCUT2D eigenvalue weighted by atomic mass is 10.2. The van der Waals surface area contributed by atoms with Gasteiger partial charge >= 0.3 is 5.97 Å². The van der Waals surface area contributed by atoms with E-state index >= 15 is 0 Å². The van der Waals surface area contributed by atoms with Crippen LogP contribution in [-0.2, 0) is 4.74 Å². The molecule has 106 valence electrons. The number of halogens is 2.